The zero-order chi connectivity index (χ0) is 46.3. The molecule has 0 saturated carbocycles. The lowest BCUT2D eigenvalue weighted by molar-refractivity contribution is -0.155. The van der Waals surface area contributed by atoms with Gasteiger partial charge >= 0.3 is 11.9 Å². The van der Waals surface area contributed by atoms with Gasteiger partial charge in [-0.15, -0.1) is 0 Å². The molecule has 64 heavy (non-hydrogen) atoms. The predicted octanol–water partition coefficient (Wildman–Crippen LogP) is 19.6. The standard InChI is InChI=1S/C59H112O5/c1-4-7-10-13-16-19-22-25-27-29-30-31-32-35-38-41-44-47-50-53-59(61)64-56-57(55-63-58(60)52-49-46-43-40-37-34-24-21-18-15-12-9-6-3)62-54-51-48-45-42-39-36-33-28-26-23-20-17-14-11-8-5-2/h16,19,25,27,57H,4-15,17-18,20-24,26,28-56H2,1-3H3/b19-16-,27-25-/t57-/m0/s1. The summed E-state index contributed by atoms with van der Waals surface area (Å²) in [6.07, 6.45) is 66.4. The predicted molar refractivity (Wildman–Crippen MR) is 279 cm³/mol. The molecule has 0 fully saturated rings. The summed E-state index contributed by atoms with van der Waals surface area (Å²) >= 11 is 0. The molecule has 0 unspecified atom stereocenters. The largest absolute Gasteiger partial charge is 0.463 e. The molecule has 0 aromatic carbocycles. The Morgan fingerprint density at radius 1 is 0.328 bits per heavy atom. The molecule has 0 aliphatic heterocycles. The number of hydrogen-bond acceptors (Lipinski definition) is 5. The van der Waals surface area contributed by atoms with E-state index in [1.54, 1.807) is 0 Å². The maximum absolute atomic E-state index is 12.7. The third-order valence-corrected chi connectivity index (χ3v) is 13.0. The van der Waals surface area contributed by atoms with E-state index in [1.165, 1.54) is 238 Å². The van der Waals surface area contributed by atoms with Crippen molar-refractivity contribution in [1.29, 1.82) is 0 Å². The number of carbonyl (C=O) groups excluding carboxylic acids is 2. The van der Waals surface area contributed by atoms with Gasteiger partial charge in [0, 0.05) is 19.4 Å². The van der Waals surface area contributed by atoms with Crippen LogP contribution in [0.3, 0.4) is 0 Å². The van der Waals surface area contributed by atoms with E-state index in [0.717, 1.165) is 44.9 Å². The first-order valence-electron chi connectivity index (χ1n) is 28.9. The summed E-state index contributed by atoms with van der Waals surface area (Å²) in [5, 5.41) is 0. The van der Waals surface area contributed by atoms with Crippen molar-refractivity contribution in [2.24, 2.45) is 0 Å². The summed E-state index contributed by atoms with van der Waals surface area (Å²) in [5.74, 6) is -0.319. The fraction of sp³-hybridized carbons (Fsp3) is 0.898. The van der Waals surface area contributed by atoms with Crippen LogP contribution in [0.1, 0.15) is 316 Å². The highest BCUT2D eigenvalue weighted by atomic mass is 16.6. The number of rotatable bonds is 54. The van der Waals surface area contributed by atoms with Crippen LogP contribution in [-0.4, -0.2) is 37.9 Å². The molecule has 0 saturated heterocycles. The Balaban J connectivity index is 4.19. The second-order valence-electron chi connectivity index (χ2n) is 19.5. The first-order valence-corrected chi connectivity index (χ1v) is 28.9. The zero-order valence-electron chi connectivity index (χ0n) is 43.6. The maximum atomic E-state index is 12.7. The van der Waals surface area contributed by atoms with Crippen molar-refractivity contribution in [3.63, 3.8) is 0 Å². The molecule has 0 aliphatic rings. The smallest absolute Gasteiger partial charge is 0.305 e. The SMILES string of the molecule is CCCCC/C=C\C/C=C\CCCCCCCCCCCC(=O)OC[C@H](COC(=O)CCCCCCCCCCCCCCC)OCCCCCCCCCCCCCCCCCC. The number of carbonyl (C=O) groups is 2. The minimum atomic E-state index is -0.394. The molecule has 0 aromatic heterocycles. The normalized spacial score (nSPS) is 12.2. The molecule has 0 aromatic rings. The fourth-order valence-electron chi connectivity index (χ4n) is 8.64. The van der Waals surface area contributed by atoms with Crippen molar-refractivity contribution in [3.8, 4) is 0 Å². The van der Waals surface area contributed by atoms with Gasteiger partial charge in [-0.05, 0) is 51.4 Å². The van der Waals surface area contributed by atoms with Crippen LogP contribution >= 0.6 is 0 Å². The van der Waals surface area contributed by atoms with E-state index in [4.69, 9.17) is 14.2 Å². The molecule has 0 aliphatic carbocycles. The number of esters is 2. The van der Waals surface area contributed by atoms with Crippen LogP contribution in [0.5, 0.6) is 0 Å². The van der Waals surface area contributed by atoms with Crippen LogP contribution in [0.4, 0.5) is 0 Å². The molecule has 5 heteroatoms. The maximum Gasteiger partial charge on any atom is 0.305 e. The highest BCUT2D eigenvalue weighted by Crippen LogP contribution is 2.17. The van der Waals surface area contributed by atoms with Crippen LogP contribution in [0.2, 0.25) is 0 Å². The van der Waals surface area contributed by atoms with Crippen molar-refractivity contribution < 1.29 is 23.8 Å². The van der Waals surface area contributed by atoms with E-state index in [0.29, 0.717) is 19.4 Å². The molecule has 1 atom stereocenters. The molecule has 0 radical (unpaired) electrons. The first-order chi connectivity index (χ1) is 31.6. The van der Waals surface area contributed by atoms with Crippen molar-refractivity contribution in [2.75, 3.05) is 19.8 Å². The molecular formula is C59H112O5. The minimum Gasteiger partial charge on any atom is -0.463 e. The number of unbranched alkanes of at least 4 members (excludes halogenated alkanes) is 39. The number of hydrogen-bond donors (Lipinski definition) is 0. The summed E-state index contributed by atoms with van der Waals surface area (Å²) in [5.41, 5.74) is 0. The Labute approximate surface area is 400 Å². The van der Waals surface area contributed by atoms with Crippen molar-refractivity contribution in [2.45, 2.75) is 322 Å². The third-order valence-electron chi connectivity index (χ3n) is 13.0. The van der Waals surface area contributed by atoms with E-state index < -0.39 is 6.10 Å². The van der Waals surface area contributed by atoms with Gasteiger partial charge in [0.15, 0.2) is 0 Å². The average molecular weight is 902 g/mol. The monoisotopic (exact) mass is 901 g/mol. The number of allylic oxidation sites excluding steroid dienone is 4. The Morgan fingerprint density at radius 2 is 0.594 bits per heavy atom. The van der Waals surface area contributed by atoms with E-state index in [-0.39, 0.29) is 25.2 Å². The summed E-state index contributed by atoms with van der Waals surface area (Å²) in [6, 6.07) is 0. The molecule has 5 nitrogen and oxygen atoms in total. The Kier molecular flexibility index (Phi) is 54.3. The lowest BCUT2D eigenvalue weighted by Gasteiger charge is -2.18. The Bertz CT molecular complexity index is 974. The lowest BCUT2D eigenvalue weighted by atomic mass is 10.0. The zero-order valence-corrected chi connectivity index (χ0v) is 43.6. The van der Waals surface area contributed by atoms with Crippen LogP contribution < -0.4 is 0 Å². The van der Waals surface area contributed by atoms with Gasteiger partial charge in [-0.2, -0.15) is 0 Å². The van der Waals surface area contributed by atoms with E-state index >= 15 is 0 Å². The van der Waals surface area contributed by atoms with Crippen molar-refractivity contribution in [3.05, 3.63) is 24.3 Å². The molecule has 0 heterocycles. The van der Waals surface area contributed by atoms with Gasteiger partial charge in [0.1, 0.15) is 19.3 Å². The molecule has 0 N–H and O–H groups in total. The first kappa shape index (κ1) is 62.4. The summed E-state index contributed by atoms with van der Waals surface area (Å²) in [6.45, 7) is 7.77. The average Bonchev–Trinajstić information content (AvgIpc) is 3.30. The van der Waals surface area contributed by atoms with E-state index in [1.807, 2.05) is 0 Å². The lowest BCUT2D eigenvalue weighted by Crippen LogP contribution is -2.29. The molecule has 0 amide bonds. The highest BCUT2D eigenvalue weighted by Gasteiger charge is 2.16. The van der Waals surface area contributed by atoms with E-state index in [2.05, 4.69) is 45.1 Å². The highest BCUT2D eigenvalue weighted by molar-refractivity contribution is 5.69. The van der Waals surface area contributed by atoms with Gasteiger partial charge < -0.3 is 14.2 Å². The molecular weight excluding hydrogens is 789 g/mol. The van der Waals surface area contributed by atoms with Gasteiger partial charge in [0.05, 0.1) is 0 Å². The van der Waals surface area contributed by atoms with E-state index in [9.17, 15) is 9.59 Å². The third kappa shape index (κ3) is 53.0. The number of ether oxygens (including phenoxy) is 3. The molecule has 0 spiro atoms. The summed E-state index contributed by atoms with van der Waals surface area (Å²) in [4.78, 5) is 25.3. The fourth-order valence-corrected chi connectivity index (χ4v) is 8.64. The summed E-state index contributed by atoms with van der Waals surface area (Å²) in [7, 11) is 0. The minimum absolute atomic E-state index is 0.158. The molecule has 378 valence electrons. The second-order valence-corrected chi connectivity index (χ2v) is 19.5. The molecule has 0 bridgehead atoms. The van der Waals surface area contributed by atoms with Gasteiger partial charge in [-0.25, -0.2) is 0 Å². The topological polar surface area (TPSA) is 61.8 Å². The Morgan fingerprint density at radius 3 is 0.938 bits per heavy atom. The van der Waals surface area contributed by atoms with Gasteiger partial charge in [0.2, 0.25) is 0 Å². The van der Waals surface area contributed by atoms with Crippen molar-refractivity contribution >= 4 is 11.9 Å². The Hall–Kier alpha value is -1.62. The van der Waals surface area contributed by atoms with Crippen LogP contribution in [-0.2, 0) is 23.8 Å². The van der Waals surface area contributed by atoms with Crippen LogP contribution in [0, 0.1) is 0 Å². The van der Waals surface area contributed by atoms with Crippen molar-refractivity contribution in [1.82, 2.24) is 0 Å². The van der Waals surface area contributed by atoms with Gasteiger partial charge in [-0.3, -0.25) is 9.59 Å². The van der Waals surface area contributed by atoms with Gasteiger partial charge in [-0.1, -0.05) is 276 Å². The van der Waals surface area contributed by atoms with Crippen LogP contribution in [0.25, 0.3) is 0 Å². The quantitative estimate of drug-likeness (QED) is 0.0346. The van der Waals surface area contributed by atoms with Crippen LogP contribution in [0.15, 0.2) is 24.3 Å². The van der Waals surface area contributed by atoms with Gasteiger partial charge in [0.25, 0.3) is 0 Å². The molecule has 0 rings (SSSR count). The summed E-state index contributed by atoms with van der Waals surface area (Å²) < 4.78 is 17.5. The second kappa shape index (κ2) is 55.7.